The van der Waals surface area contributed by atoms with Crippen LogP contribution in [0.3, 0.4) is 0 Å². The summed E-state index contributed by atoms with van der Waals surface area (Å²) >= 11 is 0. The fraction of sp³-hybridized carbons (Fsp3) is 0.385. The molecule has 1 heterocycles. The molecule has 1 aromatic carbocycles. The Hall–Kier alpha value is -1.84. The first-order chi connectivity index (χ1) is 8.02. The summed E-state index contributed by atoms with van der Waals surface area (Å²) in [5, 5.41) is 9.22. The Bertz CT molecular complexity index is 469. The molecule has 2 unspecified atom stereocenters. The minimum Gasteiger partial charge on any atom is -0.481 e. The van der Waals surface area contributed by atoms with E-state index in [-0.39, 0.29) is 11.9 Å². The van der Waals surface area contributed by atoms with Gasteiger partial charge in [-0.05, 0) is 25.0 Å². The molecule has 0 aromatic heterocycles. The van der Waals surface area contributed by atoms with Crippen LogP contribution < -0.4 is 4.90 Å². The molecule has 0 spiro atoms. The van der Waals surface area contributed by atoms with E-state index in [0.717, 1.165) is 11.3 Å². The van der Waals surface area contributed by atoms with E-state index < -0.39 is 11.9 Å². The molecule has 1 aliphatic heterocycles. The number of para-hydroxylation sites is 1. The predicted octanol–water partition coefficient (Wildman–Crippen LogP) is 2.00. The summed E-state index contributed by atoms with van der Waals surface area (Å²) in [6.07, 6.45) is 0.464. The molecule has 1 amide bonds. The zero-order valence-corrected chi connectivity index (χ0v) is 9.88. The van der Waals surface area contributed by atoms with Crippen LogP contribution in [-0.2, 0) is 9.59 Å². The second-order valence-electron chi connectivity index (χ2n) is 4.42. The zero-order chi connectivity index (χ0) is 12.6. The minimum atomic E-state index is -0.826. The minimum absolute atomic E-state index is 0.0474. The molecule has 0 saturated heterocycles. The first kappa shape index (κ1) is 11.6. The van der Waals surface area contributed by atoms with Gasteiger partial charge in [0.1, 0.15) is 0 Å². The lowest BCUT2D eigenvalue weighted by Crippen LogP contribution is -2.43. The molecular weight excluding hydrogens is 218 g/mol. The highest BCUT2D eigenvalue weighted by atomic mass is 16.4. The summed E-state index contributed by atoms with van der Waals surface area (Å²) in [5.41, 5.74) is 1.46. The Morgan fingerprint density at radius 3 is 2.59 bits per heavy atom. The second kappa shape index (κ2) is 4.20. The van der Waals surface area contributed by atoms with Crippen molar-refractivity contribution in [3.63, 3.8) is 0 Å². The number of carboxylic acids is 1. The molecule has 4 heteroatoms. The number of carbonyl (C=O) groups excluding carboxylic acids is 1. The van der Waals surface area contributed by atoms with Crippen molar-refractivity contribution < 1.29 is 14.7 Å². The molecule has 2 atom stereocenters. The van der Waals surface area contributed by atoms with Crippen LogP contribution in [0.15, 0.2) is 24.3 Å². The van der Waals surface area contributed by atoms with E-state index in [1.165, 1.54) is 6.92 Å². The van der Waals surface area contributed by atoms with Crippen molar-refractivity contribution in [2.75, 3.05) is 4.90 Å². The van der Waals surface area contributed by atoms with Crippen molar-refractivity contribution in [3.05, 3.63) is 29.8 Å². The highest BCUT2D eigenvalue weighted by Crippen LogP contribution is 2.38. The van der Waals surface area contributed by atoms with Gasteiger partial charge in [0, 0.05) is 18.7 Å². The molecule has 0 radical (unpaired) electrons. The quantitative estimate of drug-likeness (QED) is 0.807. The van der Waals surface area contributed by atoms with E-state index >= 15 is 0 Å². The van der Waals surface area contributed by atoms with Gasteiger partial charge >= 0.3 is 5.97 Å². The van der Waals surface area contributed by atoms with Gasteiger partial charge in [0.2, 0.25) is 5.91 Å². The number of fused-ring (bicyclic) bond motifs is 1. The lowest BCUT2D eigenvalue weighted by atomic mass is 9.86. The number of benzene rings is 1. The molecule has 0 aliphatic carbocycles. The Kier molecular flexibility index (Phi) is 2.88. The van der Waals surface area contributed by atoms with Gasteiger partial charge in [0.05, 0.1) is 5.92 Å². The van der Waals surface area contributed by atoms with Crippen molar-refractivity contribution in [3.8, 4) is 0 Å². The molecule has 1 N–H and O–H groups in total. The van der Waals surface area contributed by atoms with Crippen LogP contribution in [0.5, 0.6) is 0 Å². The van der Waals surface area contributed by atoms with Gasteiger partial charge in [-0.2, -0.15) is 0 Å². The predicted molar refractivity (Wildman–Crippen MR) is 64.1 cm³/mol. The summed E-state index contributed by atoms with van der Waals surface area (Å²) in [7, 11) is 0. The summed E-state index contributed by atoms with van der Waals surface area (Å²) in [6, 6.07) is 7.15. The van der Waals surface area contributed by atoms with Crippen LogP contribution >= 0.6 is 0 Å². The van der Waals surface area contributed by atoms with Gasteiger partial charge in [-0.25, -0.2) is 0 Å². The summed E-state index contributed by atoms with van der Waals surface area (Å²) < 4.78 is 0. The maximum Gasteiger partial charge on any atom is 0.311 e. The number of carboxylic acid groups (broad SMARTS) is 1. The maximum atomic E-state index is 11.6. The average molecular weight is 233 g/mol. The fourth-order valence-electron chi connectivity index (χ4n) is 2.53. The van der Waals surface area contributed by atoms with Crippen molar-refractivity contribution in [2.45, 2.75) is 32.2 Å². The van der Waals surface area contributed by atoms with Crippen LogP contribution in [0.4, 0.5) is 5.69 Å². The molecule has 0 saturated carbocycles. The Balaban J connectivity index is 2.54. The SMILES string of the molecule is CC(=O)N1c2ccccc2C(C(=O)O)CC1C. The van der Waals surface area contributed by atoms with Gasteiger partial charge in [0.15, 0.2) is 0 Å². The highest BCUT2D eigenvalue weighted by molar-refractivity contribution is 5.95. The molecule has 2 rings (SSSR count). The summed E-state index contributed by atoms with van der Waals surface area (Å²) in [5.74, 6) is -1.39. The number of hydrogen-bond donors (Lipinski definition) is 1. The van der Waals surface area contributed by atoms with Crippen LogP contribution in [0.25, 0.3) is 0 Å². The lowest BCUT2D eigenvalue weighted by molar-refractivity contribution is -0.139. The van der Waals surface area contributed by atoms with Crippen LogP contribution in [-0.4, -0.2) is 23.0 Å². The molecule has 0 fully saturated rings. The van der Waals surface area contributed by atoms with Gasteiger partial charge in [-0.15, -0.1) is 0 Å². The van der Waals surface area contributed by atoms with Gasteiger partial charge in [-0.3, -0.25) is 9.59 Å². The fourth-order valence-corrected chi connectivity index (χ4v) is 2.53. The smallest absolute Gasteiger partial charge is 0.311 e. The van der Waals surface area contributed by atoms with E-state index in [9.17, 15) is 14.7 Å². The summed E-state index contributed by atoms with van der Waals surface area (Å²) in [4.78, 5) is 24.5. The number of amides is 1. The standard InChI is InChI=1S/C13H15NO3/c1-8-7-11(13(16)17)10-5-3-4-6-12(10)14(8)9(2)15/h3-6,8,11H,7H2,1-2H3,(H,16,17). The number of rotatable bonds is 1. The van der Waals surface area contributed by atoms with Crippen molar-refractivity contribution >= 4 is 17.6 Å². The Morgan fingerprint density at radius 1 is 1.35 bits per heavy atom. The number of hydrogen-bond acceptors (Lipinski definition) is 2. The van der Waals surface area contributed by atoms with E-state index in [1.54, 1.807) is 11.0 Å². The van der Waals surface area contributed by atoms with Crippen molar-refractivity contribution in [2.24, 2.45) is 0 Å². The zero-order valence-electron chi connectivity index (χ0n) is 9.88. The molecule has 1 aliphatic rings. The third-order valence-corrected chi connectivity index (χ3v) is 3.23. The molecular formula is C13H15NO3. The van der Waals surface area contributed by atoms with Gasteiger partial charge in [-0.1, -0.05) is 18.2 Å². The monoisotopic (exact) mass is 233 g/mol. The lowest BCUT2D eigenvalue weighted by Gasteiger charge is -2.37. The van der Waals surface area contributed by atoms with Gasteiger partial charge in [0.25, 0.3) is 0 Å². The molecule has 17 heavy (non-hydrogen) atoms. The number of anilines is 1. The van der Waals surface area contributed by atoms with Crippen molar-refractivity contribution in [1.82, 2.24) is 0 Å². The molecule has 0 bridgehead atoms. The number of nitrogens with zero attached hydrogens (tertiary/aromatic N) is 1. The molecule has 1 aromatic rings. The number of aliphatic carboxylic acids is 1. The topological polar surface area (TPSA) is 57.6 Å². The van der Waals surface area contributed by atoms with E-state index in [0.29, 0.717) is 6.42 Å². The third kappa shape index (κ3) is 1.90. The van der Waals surface area contributed by atoms with E-state index in [2.05, 4.69) is 0 Å². The van der Waals surface area contributed by atoms with Gasteiger partial charge < -0.3 is 10.0 Å². The number of carbonyl (C=O) groups is 2. The Labute approximate surface area is 99.9 Å². The van der Waals surface area contributed by atoms with Crippen LogP contribution in [0.2, 0.25) is 0 Å². The molecule has 4 nitrogen and oxygen atoms in total. The van der Waals surface area contributed by atoms with E-state index in [1.807, 2.05) is 25.1 Å². The second-order valence-corrected chi connectivity index (χ2v) is 4.42. The average Bonchev–Trinajstić information content (AvgIpc) is 2.27. The van der Waals surface area contributed by atoms with E-state index in [4.69, 9.17) is 0 Å². The normalized spacial score (nSPS) is 23.1. The van der Waals surface area contributed by atoms with Crippen molar-refractivity contribution in [1.29, 1.82) is 0 Å². The first-order valence-electron chi connectivity index (χ1n) is 5.64. The largest absolute Gasteiger partial charge is 0.481 e. The Morgan fingerprint density at radius 2 is 2.00 bits per heavy atom. The van der Waals surface area contributed by atoms with Crippen LogP contribution in [0, 0.1) is 0 Å². The molecule has 90 valence electrons. The summed E-state index contributed by atoms with van der Waals surface area (Å²) in [6.45, 7) is 3.39. The maximum absolute atomic E-state index is 11.6. The first-order valence-corrected chi connectivity index (χ1v) is 5.64. The van der Waals surface area contributed by atoms with Crippen LogP contribution in [0.1, 0.15) is 31.7 Å². The highest BCUT2D eigenvalue weighted by Gasteiger charge is 2.35. The third-order valence-electron chi connectivity index (χ3n) is 3.23.